The number of rotatable bonds is 7. The molecule has 142 valence electrons. The van der Waals surface area contributed by atoms with E-state index in [1.165, 1.54) is 6.21 Å². The van der Waals surface area contributed by atoms with E-state index in [0.717, 1.165) is 11.3 Å². The molecule has 0 aliphatic carbocycles. The second-order valence-electron chi connectivity index (χ2n) is 5.64. The van der Waals surface area contributed by atoms with Gasteiger partial charge < -0.3 is 9.47 Å². The molecule has 0 atom stereocenters. The van der Waals surface area contributed by atoms with Gasteiger partial charge in [0.1, 0.15) is 17.2 Å². The fourth-order valence-electron chi connectivity index (χ4n) is 2.23. The Morgan fingerprint density at radius 1 is 1.04 bits per heavy atom. The zero-order valence-corrected chi connectivity index (χ0v) is 17.0. The molecule has 1 N–H and O–H groups in total. The van der Waals surface area contributed by atoms with Crippen LogP contribution < -0.4 is 14.9 Å². The van der Waals surface area contributed by atoms with E-state index in [-0.39, 0.29) is 12.5 Å². The number of ether oxygens (including phenoxy) is 2. The molecular formula is C21H16BrClN2O3. The van der Waals surface area contributed by atoms with E-state index in [1.807, 2.05) is 54.6 Å². The van der Waals surface area contributed by atoms with Crippen LogP contribution >= 0.6 is 27.5 Å². The summed E-state index contributed by atoms with van der Waals surface area (Å²) >= 11 is 9.20. The van der Waals surface area contributed by atoms with Gasteiger partial charge in [0, 0.05) is 5.02 Å². The largest absolute Gasteiger partial charge is 0.483 e. The molecule has 0 aliphatic rings. The average molecular weight is 460 g/mol. The average Bonchev–Trinajstić information content (AvgIpc) is 2.68. The van der Waals surface area contributed by atoms with Crippen molar-refractivity contribution in [2.45, 2.75) is 0 Å². The highest BCUT2D eigenvalue weighted by atomic mass is 79.9. The molecule has 3 rings (SSSR count). The number of carbonyl (C=O) groups excluding carboxylic acids is 1. The lowest BCUT2D eigenvalue weighted by Crippen LogP contribution is -2.24. The molecule has 0 saturated carbocycles. The summed E-state index contributed by atoms with van der Waals surface area (Å²) in [5, 5.41) is 4.52. The lowest BCUT2D eigenvalue weighted by molar-refractivity contribution is -0.123. The first-order chi connectivity index (χ1) is 13.6. The molecule has 0 saturated heterocycles. The van der Waals surface area contributed by atoms with Crippen LogP contribution in [0.25, 0.3) is 0 Å². The van der Waals surface area contributed by atoms with Crippen molar-refractivity contribution >= 4 is 39.7 Å². The highest BCUT2D eigenvalue weighted by Crippen LogP contribution is 2.27. The minimum atomic E-state index is -0.380. The topological polar surface area (TPSA) is 59.9 Å². The van der Waals surface area contributed by atoms with Gasteiger partial charge in [-0.3, -0.25) is 4.79 Å². The number of amides is 1. The number of nitrogens with zero attached hydrogens (tertiary/aromatic N) is 1. The smallest absolute Gasteiger partial charge is 0.277 e. The third-order valence-corrected chi connectivity index (χ3v) is 4.35. The zero-order valence-electron chi connectivity index (χ0n) is 14.6. The number of carbonyl (C=O) groups is 1. The van der Waals surface area contributed by atoms with Gasteiger partial charge in [0.05, 0.1) is 10.7 Å². The Morgan fingerprint density at radius 2 is 1.82 bits per heavy atom. The van der Waals surface area contributed by atoms with Crippen LogP contribution in [0.3, 0.4) is 0 Å². The van der Waals surface area contributed by atoms with Gasteiger partial charge in [-0.25, -0.2) is 5.43 Å². The fraction of sp³-hybridized carbons (Fsp3) is 0.0476. The molecule has 3 aromatic carbocycles. The first-order valence-electron chi connectivity index (χ1n) is 8.33. The van der Waals surface area contributed by atoms with E-state index < -0.39 is 0 Å². The van der Waals surface area contributed by atoms with E-state index in [2.05, 4.69) is 26.5 Å². The summed E-state index contributed by atoms with van der Waals surface area (Å²) in [6, 6.07) is 21.9. The summed E-state index contributed by atoms with van der Waals surface area (Å²) < 4.78 is 11.9. The SMILES string of the molecule is O=C(COc1ccc(Cl)cc1Br)NN=Cc1cccc(Oc2ccccc2)c1. The van der Waals surface area contributed by atoms with Crippen LogP contribution in [0.15, 0.2) is 82.4 Å². The maximum absolute atomic E-state index is 11.9. The van der Waals surface area contributed by atoms with Crippen molar-refractivity contribution in [3.05, 3.63) is 87.9 Å². The predicted molar refractivity (Wildman–Crippen MR) is 113 cm³/mol. The molecule has 1 amide bonds. The van der Waals surface area contributed by atoms with Gasteiger partial charge in [0.15, 0.2) is 6.61 Å². The summed E-state index contributed by atoms with van der Waals surface area (Å²) in [5.74, 6) is 1.57. The van der Waals surface area contributed by atoms with Crippen LogP contribution in [0.1, 0.15) is 5.56 Å². The summed E-state index contributed by atoms with van der Waals surface area (Å²) in [7, 11) is 0. The van der Waals surface area contributed by atoms with Crippen molar-refractivity contribution in [3.63, 3.8) is 0 Å². The van der Waals surface area contributed by atoms with Crippen molar-refractivity contribution < 1.29 is 14.3 Å². The Kier molecular flexibility index (Phi) is 7.06. The van der Waals surface area contributed by atoms with Crippen LogP contribution in [0.2, 0.25) is 5.02 Å². The van der Waals surface area contributed by atoms with E-state index in [4.69, 9.17) is 21.1 Å². The van der Waals surface area contributed by atoms with Crippen molar-refractivity contribution in [3.8, 4) is 17.2 Å². The standard InChI is InChI=1S/C21H16BrClN2O3/c22-19-12-16(23)9-10-20(19)27-14-21(26)25-24-13-15-5-4-8-18(11-15)28-17-6-2-1-3-7-17/h1-13H,14H2,(H,25,26). The molecule has 28 heavy (non-hydrogen) atoms. The van der Waals surface area contributed by atoms with Crippen LogP contribution in [0.5, 0.6) is 17.2 Å². The molecular weight excluding hydrogens is 444 g/mol. The number of hydrogen-bond acceptors (Lipinski definition) is 4. The van der Waals surface area contributed by atoms with Crippen molar-refractivity contribution in [2.24, 2.45) is 5.10 Å². The number of hydrogen-bond donors (Lipinski definition) is 1. The van der Waals surface area contributed by atoms with Crippen molar-refractivity contribution in [2.75, 3.05) is 6.61 Å². The summed E-state index contributed by atoms with van der Waals surface area (Å²) in [4.78, 5) is 11.9. The minimum absolute atomic E-state index is 0.172. The Morgan fingerprint density at radius 3 is 2.61 bits per heavy atom. The summed E-state index contributed by atoms with van der Waals surface area (Å²) in [5.41, 5.74) is 3.21. The van der Waals surface area contributed by atoms with Crippen LogP contribution in [-0.4, -0.2) is 18.7 Å². The third kappa shape index (κ3) is 6.11. The fourth-order valence-corrected chi connectivity index (χ4v) is 3.03. The van der Waals surface area contributed by atoms with Crippen molar-refractivity contribution in [1.29, 1.82) is 0 Å². The normalized spacial score (nSPS) is 10.6. The molecule has 0 spiro atoms. The molecule has 5 nitrogen and oxygen atoms in total. The van der Waals surface area contributed by atoms with E-state index in [0.29, 0.717) is 21.0 Å². The van der Waals surface area contributed by atoms with Gasteiger partial charge in [-0.05, 0) is 64.0 Å². The molecule has 0 heterocycles. The Balaban J connectivity index is 1.51. The third-order valence-electron chi connectivity index (χ3n) is 3.49. The Hall–Kier alpha value is -2.83. The van der Waals surface area contributed by atoms with Crippen molar-refractivity contribution in [1.82, 2.24) is 5.43 Å². The number of halogens is 2. The first kappa shape index (κ1) is 19.9. The highest BCUT2D eigenvalue weighted by Gasteiger charge is 2.05. The molecule has 0 bridgehead atoms. The van der Waals surface area contributed by atoms with Crippen LogP contribution in [0, 0.1) is 0 Å². The van der Waals surface area contributed by atoms with Gasteiger partial charge in [-0.15, -0.1) is 0 Å². The predicted octanol–water partition coefficient (Wildman–Crippen LogP) is 5.42. The van der Waals surface area contributed by atoms with E-state index in [1.54, 1.807) is 18.2 Å². The molecule has 0 aromatic heterocycles. The molecule has 7 heteroatoms. The number of benzene rings is 3. The Bertz CT molecular complexity index is 980. The van der Waals surface area contributed by atoms with E-state index >= 15 is 0 Å². The van der Waals surface area contributed by atoms with Crippen LogP contribution in [-0.2, 0) is 4.79 Å². The highest BCUT2D eigenvalue weighted by molar-refractivity contribution is 9.10. The molecule has 0 radical (unpaired) electrons. The lowest BCUT2D eigenvalue weighted by atomic mass is 10.2. The van der Waals surface area contributed by atoms with Gasteiger partial charge >= 0.3 is 0 Å². The number of hydrazone groups is 1. The molecule has 0 aliphatic heterocycles. The Labute approximate surface area is 176 Å². The molecule has 0 fully saturated rings. The maximum Gasteiger partial charge on any atom is 0.277 e. The second-order valence-corrected chi connectivity index (χ2v) is 6.93. The second kappa shape index (κ2) is 9.92. The minimum Gasteiger partial charge on any atom is -0.483 e. The molecule has 3 aromatic rings. The van der Waals surface area contributed by atoms with E-state index in [9.17, 15) is 4.79 Å². The van der Waals surface area contributed by atoms with Gasteiger partial charge in [-0.1, -0.05) is 41.9 Å². The monoisotopic (exact) mass is 458 g/mol. The van der Waals surface area contributed by atoms with Gasteiger partial charge in [-0.2, -0.15) is 5.10 Å². The number of para-hydroxylation sites is 1. The van der Waals surface area contributed by atoms with Crippen LogP contribution in [0.4, 0.5) is 0 Å². The quantitative estimate of drug-likeness (QED) is 0.379. The summed E-state index contributed by atoms with van der Waals surface area (Å²) in [6.07, 6.45) is 1.54. The first-order valence-corrected chi connectivity index (χ1v) is 9.50. The number of nitrogens with one attached hydrogen (secondary N) is 1. The zero-order chi connectivity index (χ0) is 19.8. The lowest BCUT2D eigenvalue weighted by Gasteiger charge is -2.07. The molecule has 0 unspecified atom stereocenters. The van der Waals surface area contributed by atoms with Gasteiger partial charge in [0.2, 0.25) is 0 Å². The summed E-state index contributed by atoms with van der Waals surface area (Å²) in [6.45, 7) is -0.172. The maximum atomic E-state index is 11.9. The van der Waals surface area contributed by atoms with Gasteiger partial charge in [0.25, 0.3) is 5.91 Å².